The van der Waals surface area contributed by atoms with Gasteiger partial charge >= 0.3 is 0 Å². The molecule has 0 aliphatic heterocycles. The number of halogens is 1. The van der Waals surface area contributed by atoms with E-state index < -0.39 is 38.0 Å². The Balaban J connectivity index is 2.74. The second-order valence-corrected chi connectivity index (χ2v) is 7.29. The average molecular weight is 400 g/mol. The van der Waals surface area contributed by atoms with Crippen LogP contribution in [-0.2, 0) is 14.8 Å². The molecule has 0 aliphatic rings. The van der Waals surface area contributed by atoms with Crippen molar-refractivity contribution < 1.29 is 22.9 Å². The van der Waals surface area contributed by atoms with Gasteiger partial charge < -0.3 is 10.5 Å². The highest BCUT2D eigenvalue weighted by Crippen LogP contribution is 2.36. The fourth-order valence-corrected chi connectivity index (χ4v) is 4.00. The second-order valence-electron chi connectivity index (χ2n) is 5.02. The van der Waals surface area contributed by atoms with Crippen molar-refractivity contribution >= 4 is 38.9 Å². The molecule has 2 aromatic carbocycles. The van der Waals surface area contributed by atoms with Crippen LogP contribution in [0.3, 0.4) is 0 Å². The van der Waals surface area contributed by atoms with E-state index in [0.717, 1.165) is 12.1 Å². The molecule has 1 amide bonds. The molecule has 0 saturated carbocycles. The van der Waals surface area contributed by atoms with Crippen molar-refractivity contribution in [2.45, 2.75) is 4.90 Å². The number of hydrogen-bond donors (Lipinski definition) is 1. The van der Waals surface area contributed by atoms with Gasteiger partial charge in [-0.15, -0.1) is 0 Å². The molecule has 0 radical (unpaired) electrons. The number of rotatable bonds is 7. The van der Waals surface area contributed by atoms with Crippen LogP contribution >= 0.6 is 11.6 Å². The molecule has 0 aliphatic carbocycles. The summed E-state index contributed by atoms with van der Waals surface area (Å²) in [5.74, 6) is -0.869. The minimum absolute atomic E-state index is 0.0723. The molecule has 0 saturated heterocycles. The van der Waals surface area contributed by atoms with Crippen molar-refractivity contribution in [2.24, 2.45) is 5.73 Å². The molecule has 0 bridgehead atoms. The first-order chi connectivity index (χ1) is 12.2. The van der Waals surface area contributed by atoms with Crippen molar-refractivity contribution in [3.8, 4) is 5.75 Å². The normalized spacial score (nSPS) is 11.0. The Labute approximate surface area is 154 Å². The van der Waals surface area contributed by atoms with Crippen molar-refractivity contribution in [3.63, 3.8) is 0 Å². The zero-order chi connectivity index (χ0) is 19.5. The number of nitrogens with zero attached hydrogens (tertiary/aromatic N) is 2. The minimum atomic E-state index is -4.52. The monoisotopic (exact) mass is 399 g/mol. The number of ether oxygens (including phenoxy) is 1. The van der Waals surface area contributed by atoms with E-state index in [-0.39, 0.29) is 16.5 Å². The zero-order valence-electron chi connectivity index (χ0n) is 13.5. The average Bonchev–Trinajstić information content (AvgIpc) is 2.59. The molecule has 11 heteroatoms. The van der Waals surface area contributed by atoms with Gasteiger partial charge in [0, 0.05) is 11.1 Å². The Morgan fingerprint density at radius 3 is 2.54 bits per heavy atom. The Morgan fingerprint density at radius 1 is 1.31 bits per heavy atom. The van der Waals surface area contributed by atoms with Gasteiger partial charge in [-0.25, -0.2) is 8.42 Å². The molecule has 0 unspecified atom stereocenters. The van der Waals surface area contributed by atoms with E-state index in [4.69, 9.17) is 22.1 Å². The Hall–Kier alpha value is -2.85. The summed E-state index contributed by atoms with van der Waals surface area (Å²) in [7, 11) is -3.22. The highest BCUT2D eigenvalue weighted by molar-refractivity contribution is 7.93. The van der Waals surface area contributed by atoms with Crippen LogP contribution in [0.25, 0.3) is 0 Å². The van der Waals surface area contributed by atoms with Gasteiger partial charge in [-0.3, -0.25) is 19.2 Å². The van der Waals surface area contributed by atoms with Crippen molar-refractivity contribution in [1.82, 2.24) is 0 Å². The van der Waals surface area contributed by atoms with Crippen LogP contribution in [0.1, 0.15) is 0 Å². The number of sulfonamides is 1. The largest absolute Gasteiger partial charge is 0.495 e. The zero-order valence-corrected chi connectivity index (χ0v) is 15.0. The number of methoxy groups -OCH3 is 1. The van der Waals surface area contributed by atoms with Crippen LogP contribution in [0.5, 0.6) is 5.75 Å². The molecule has 2 rings (SSSR count). The first-order valence-corrected chi connectivity index (χ1v) is 8.88. The molecule has 2 aromatic rings. The van der Waals surface area contributed by atoms with Crippen LogP contribution in [0, 0.1) is 10.1 Å². The van der Waals surface area contributed by atoms with E-state index >= 15 is 0 Å². The summed E-state index contributed by atoms with van der Waals surface area (Å²) < 4.78 is 31.9. The molecule has 0 atom stereocenters. The highest BCUT2D eigenvalue weighted by atomic mass is 35.5. The Kier molecular flexibility index (Phi) is 5.68. The standard InChI is InChI=1S/C15H14ClN3O6S/c1-25-13-7-6-10(16)8-12(13)18(9-15(17)20)26(23,24)14-5-3-2-4-11(14)19(21)22/h2-8H,9H2,1H3,(H2,17,20). The fraction of sp³-hybridized carbons (Fsp3) is 0.133. The number of carbonyl (C=O) groups is 1. The number of hydrogen-bond acceptors (Lipinski definition) is 6. The molecule has 0 heterocycles. The van der Waals surface area contributed by atoms with Crippen LogP contribution < -0.4 is 14.8 Å². The number of benzene rings is 2. The molecule has 9 nitrogen and oxygen atoms in total. The summed E-state index contributed by atoms with van der Waals surface area (Å²) in [6, 6.07) is 8.90. The summed E-state index contributed by atoms with van der Waals surface area (Å²) in [4.78, 5) is 21.3. The first-order valence-electron chi connectivity index (χ1n) is 7.06. The van der Waals surface area contributed by atoms with Crippen molar-refractivity contribution in [3.05, 3.63) is 57.6 Å². The van der Waals surface area contributed by atoms with Gasteiger partial charge in [-0.1, -0.05) is 23.7 Å². The maximum absolute atomic E-state index is 13.1. The first kappa shape index (κ1) is 19.5. The summed E-state index contributed by atoms with van der Waals surface area (Å²) >= 11 is 5.93. The van der Waals surface area contributed by atoms with E-state index in [1.54, 1.807) is 0 Å². The summed E-state index contributed by atoms with van der Waals surface area (Å²) in [6.07, 6.45) is 0. The van der Waals surface area contributed by atoms with E-state index in [9.17, 15) is 23.3 Å². The molecule has 0 aromatic heterocycles. The summed E-state index contributed by atoms with van der Waals surface area (Å²) in [5.41, 5.74) is 4.47. The maximum atomic E-state index is 13.1. The van der Waals surface area contributed by atoms with Gasteiger partial charge in [-0.2, -0.15) is 0 Å². The Morgan fingerprint density at radius 2 is 1.96 bits per heavy atom. The third-order valence-corrected chi connectivity index (χ3v) is 5.38. The van der Waals surface area contributed by atoms with Gasteiger partial charge in [0.1, 0.15) is 12.3 Å². The molecule has 0 fully saturated rings. The molecule has 138 valence electrons. The summed E-state index contributed by atoms with van der Waals surface area (Å²) in [6.45, 7) is -0.759. The maximum Gasteiger partial charge on any atom is 0.289 e. The number of primary amides is 1. The lowest BCUT2D eigenvalue weighted by Gasteiger charge is -2.24. The Bertz CT molecular complexity index is 964. The lowest BCUT2D eigenvalue weighted by atomic mass is 10.3. The highest BCUT2D eigenvalue weighted by Gasteiger charge is 2.34. The van der Waals surface area contributed by atoms with Gasteiger partial charge in [0.15, 0.2) is 4.90 Å². The number of nitrogens with two attached hydrogens (primary N) is 1. The summed E-state index contributed by atoms with van der Waals surface area (Å²) in [5, 5.41) is 11.4. The number of nitro benzene ring substituents is 1. The van der Waals surface area contributed by atoms with E-state index in [0.29, 0.717) is 4.31 Å². The van der Waals surface area contributed by atoms with Crippen LogP contribution in [0.2, 0.25) is 5.02 Å². The molecule has 2 N–H and O–H groups in total. The van der Waals surface area contributed by atoms with Gasteiger partial charge in [0.05, 0.1) is 17.7 Å². The SMILES string of the molecule is COc1ccc(Cl)cc1N(CC(N)=O)S(=O)(=O)c1ccccc1[N+](=O)[O-]. The molecule has 0 spiro atoms. The smallest absolute Gasteiger partial charge is 0.289 e. The third-order valence-electron chi connectivity index (χ3n) is 3.34. The van der Waals surface area contributed by atoms with Crippen molar-refractivity contribution in [1.29, 1.82) is 0 Å². The minimum Gasteiger partial charge on any atom is -0.495 e. The number of para-hydroxylation sites is 1. The molecular formula is C15H14ClN3O6S. The molecular weight excluding hydrogens is 386 g/mol. The van der Waals surface area contributed by atoms with Crippen molar-refractivity contribution in [2.75, 3.05) is 18.0 Å². The fourth-order valence-electron chi connectivity index (χ4n) is 2.24. The van der Waals surface area contributed by atoms with Gasteiger partial charge in [0.2, 0.25) is 5.91 Å². The predicted molar refractivity (Wildman–Crippen MR) is 94.8 cm³/mol. The third kappa shape index (κ3) is 3.86. The van der Waals surface area contributed by atoms with Crippen LogP contribution in [-0.4, -0.2) is 32.9 Å². The van der Waals surface area contributed by atoms with E-state index in [1.165, 1.54) is 37.4 Å². The van der Waals surface area contributed by atoms with E-state index in [1.807, 2.05) is 0 Å². The molecule has 26 heavy (non-hydrogen) atoms. The topological polar surface area (TPSA) is 133 Å². The lowest BCUT2D eigenvalue weighted by Crippen LogP contribution is -2.39. The van der Waals surface area contributed by atoms with Gasteiger partial charge in [-0.05, 0) is 24.3 Å². The lowest BCUT2D eigenvalue weighted by molar-refractivity contribution is -0.387. The van der Waals surface area contributed by atoms with E-state index in [2.05, 4.69) is 0 Å². The second kappa shape index (κ2) is 7.58. The number of anilines is 1. The van der Waals surface area contributed by atoms with Crippen LogP contribution in [0.4, 0.5) is 11.4 Å². The van der Waals surface area contributed by atoms with Gasteiger partial charge in [0.25, 0.3) is 15.7 Å². The quantitative estimate of drug-likeness (QED) is 0.558. The number of nitro groups is 1. The van der Waals surface area contributed by atoms with Crippen LogP contribution in [0.15, 0.2) is 47.4 Å². The number of carbonyl (C=O) groups excluding carboxylic acids is 1. The predicted octanol–water partition coefficient (Wildman–Crippen LogP) is 1.94. The number of amides is 1.